The van der Waals surface area contributed by atoms with E-state index in [2.05, 4.69) is 5.10 Å². The van der Waals surface area contributed by atoms with Crippen LogP contribution in [0.4, 0.5) is 0 Å². The van der Waals surface area contributed by atoms with Gasteiger partial charge < -0.3 is 10.0 Å². The summed E-state index contributed by atoms with van der Waals surface area (Å²) in [6.45, 7) is 4.68. The van der Waals surface area contributed by atoms with E-state index in [-0.39, 0.29) is 24.3 Å². The quantitative estimate of drug-likeness (QED) is 0.908. The molecule has 1 fully saturated rings. The molecule has 1 aliphatic rings. The summed E-state index contributed by atoms with van der Waals surface area (Å²) in [6, 6.07) is 1.61. The van der Waals surface area contributed by atoms with E-state index in [4.69, 9.17) is 5.11 Å². The number of aromatic nitrogens is 2. The molecule has 0 aliphatic carbocycles. The van der Waals surface area contributed by atoms with Gasteiger partial charge in [0.15, 0.2) is 0 Å². The number of rotatable bonds is 4. The summed E-state index contributed by atoms with van der Waals surface area (Å²) in [5, 5.41) is 13.3. The van der Waals surface area contributed by atoms with E-state index in [1.807, 2.05) is 19.9 Å². The van der Waals surface area contributed by atoms with Gasteiger partial charge in [0.2, 0.25) is 0 Å². The van der Waals surface area contributed by atoms with Gasteiger partial charge in [-0.05, 0) is 24.8 Å². The molecule has 0 bridgehead atoms. The number of likely N-dealkylation sites (tertiary alicyclic amines) is 1. The average molecular weight is 279 g/mol. The van der Waals surface area contributed by atoms with Gasteiger partial charge in [0.05, 0.1) is 12.1 Å². The lowest BCUT2D eigenvalue weighted by Gasteiger charge is -2.23. The predicted molar refractivity (Wildman–Crippen MR) is 73.6 cm³/mol. The lowest BCUT2D eigenvalue weighted by molar-refractivity contribution is -0.137. The van der Waals surface area contributed by atoms with E-state index in [9.17, 15) is 9.59 Å². The molecule has 1 N–H and O–H groups in total. The number of carboxylic acids is 1. The SMILES string of the molecule is CC(C)c1cc(C(=O)N2CCCC2CC(=O)O)n(C)n1. The number of hydrogen-bond acceptors (Lipinski definition) is 3. The maximum absolute atomic E-state index is 12.6. The summed E-state index contributed by atoms with van der Waals surface area (Å²) in [6.07, 6.45) is 1.63. The van der Waals surface area contributed by atoms with E-state index >= 15 is 0 Å². The highest BCUT2D eigenvalue weighted by Gasteiger charge is 2.32. The summed E-state index contributed by atoms with van der Waals surface area (Å²) < 4.78 is 1.59. The van der Waals surface area contributed by atoms with Crippen molar-refractivity contribution in [2.45, 2.75) is 45.1 Å². The maximum Gasteiger partial charge on any atom is 0.305 e. The van der Waals surface area contributed by atoms with Gasteiger partial charge in [0.1, 0.15) is 5.69 Å². The summed E-state index contributed by atoms with van der Waals surface area (Å²) in [5.74, 6) is -0.714. The Morgan fingerprint density at radius 2 is 2.20 bits per heavy atom. The molecule has 0 radical (unpaired) electrons. The summed E-state index contributed by atoms with van der Waals surface area (Å²) in [5.41, 5.74) is 1.41. The Balaban J connectivity index is 2.20. The van der Waals surface area contributed by atoms with Crippen LogP contribution in [0.5, 0.6) is 0 Å². The number of aliphatic carboxylic acids is 1. The van der Waals surface area contributed by atoms with Crippen LogP contribution in [-0.2, 0) is 11.8 Å². The number of amides is 1. The molecular formula is C14H21N3O3. The molecule has 2 rings (SSSR count). The molecule has 0 saturated carbocycles. The second kappa shape index (κ2) is 5.64. The van der Waals surface area contributed by atoms with Crippen LogP contribution in [-0.4, -0.2) is 44.3 Å². The lowest BCUT2D eigenvalue weighted by Crippen LogP contribution is -2.37. The van der Waals surface area contributed by atoms with Gasteiger partial charge in [-0.1, -0.05) is 13.8 Å². The second-order valence-electron chi connectivity index (χ2n) is 5.63. The van der Waals surface area contributed by atoms with Crippen molar-refractivity contribution >= 4 is 11.9 Å². The van der Waals surface area contributed by atoms with Crippen LogP contribution in [0.15, 0.2) is 6.07 Å². The fourth-order valence-electron chi connectivity index (χ4n) is 2.64. The highest BCUT2D eigenvalue weighted by Crippen LogP contribution is 2.23. The van der Waals surface area contributed by atoms with Crippen molar-refractivity contribution < 1.29 is 14.7 Å². The Kier molecular flexibility index (Phi) is 4.11. The number of hydrogen-bond donors (Lipinski definition) is 1. The standard InChI is InChI=1S/C14H21N3O3/c1-9(2)11-8-12(16(3)15-11)14(20)17-6-4-5-10(17)7-13(18)19/h8-10H,4-7H2,1-3H3,(H,18,19). The van der Waals surface area contributed by atoms with E-state index in [1.165, 1.54) is 0 Å². The number of carbonyl (C=O) groups excluding carboxylic acids is 1. The molecule has 1 aromatic heterocycles. The number of carboxylic acid groups (broad SMARTS) is 1. The number of nitrogens with zero attached hydrogens (tertiary/aromatic N) is 3. The van der Waals surface area contributed by atoms with E-state index in [0.29, 0.717) is 12.2 Å². The van der Waals surface area contributed by atoms with Gasteiger partial charge in [-0.25, -0.2) is 0 Å². The molecular weight excluding hydrogens is 258 g/mol. The van der Waals surface area contributed by atoms with E-state index < -0.39 is 5.97 Å². The van der Waals surface area contributed by atoms with Gasteiger partial charge in [-0.2, -0.15) is 5.10 Å². The van der Waals surface area contributed by atoms with Crippen molar-refractivity contribution in [3.05, 3.63) is 17.5 Å². The van der Waals surface area contributed by atoms with Gasteiger partial charge in [-0.3, -0.25) is 14.3 Å². The minimum Gasteiger partial charge on any atom is -0.481 e. The van der Waals surface area contributed by atoms with E-state index in [1.54, 1.807) is 16.6 Å². The third-order valence-electron chi connectivity index (χ3n) is 3.76. The van der Waals surface area contributed by atoms with Crippen LogP contribution in [0.1, 0.15) is 55.2 Å². The van der Waals surface area contributed by atoms with Crippen molar-refractivity contribution in [2.75, 3.05) is 6.54 Å². The molecule has 20 heavy (non-hydrogen) atoms. The van der Waals surface area contributed by atoms with Crippen molar-refractivity contribution in [3.8, 4) is 0 Å². The van der Waals surface area contributed by atoms with Crippen LogP contribution >= 0.6 is 0 Å². The first-order valence-electron chi connectivity index (χ1n) is 6.97. The normalized spacial score (nSPS) is 18.8. The van der Waals surface area contributed by atoms with Gasteiger partial charge >= 0.3 is 5.97 Å². The molecule has 6 heteroatoms. The highest BCUT2D eigenvalue weighted by molar-refractivity contribution is 5.93. The zero-order chi connectivity index (χ0) is 14.9. The minimum absolute atomic E-state index is 0.0145. The van der Waals surface area contributed by atoms with Crippen molar-refractivity contribution in [1.29, 1.82) is 0 Å². The largest absolute Gasteiger partial charge is 0.481 e. The van der Waals surface area contributed by atoms with Gasteiger partial charge in [0, 0.05) is 19.6 Å². The van der Waals surface area contributed by atoms with Crippen LogP contribution in [0.3, 0.4) is 0 Å². The number of carbonyl (C=O) groups is 2. The summed E-state index contributed by atoms with van der Waals surface area (Å²) >= 11 is 0. The molecule has 6 nitrogen and oxygen atoms in total. The lowest BCUT2D eigenvalue weighted by atomic mass is 10.1. The third kappa shape index (κ3) is 2.84. The molecule has 2 heterocycles. The molecule has 1 aliphatic heterocycles. The van der Waals surface area contributed by atoms with E-state index in [0.717, 1.165) is 18.5 Å². The van der Waals surface area contributed by atoms with Gasteiger partial charge in [-0.15, -0.1) is 0 Å². The first kappa shape index (κ1) is 14.6. The molecule has 1 amide bonds. The first-order valence-corrected chi connectivity index (χ1v) is 6.97. The Bertz CT molecular complexity index is 522. The van der Waals surface area contributed by atoms with Crippen LogP contribution in [0.25, 0.3) is 0 Å². The molecule has 110 valence electrons. The number of aryl methyl sites for hydroxylation is 1. The Labute approximate surface area is 118 Å². The van der Waals surface area contributed by atoms with Crippen LogP contribution in [0, 0.1) is 0 Å². The fraction of sp³-hybridized carbons (Fsp3) is 0.643. The van der Waals surface area contributed by atoms with Crippen molar-refractivity contribution in [3.63, 3.8) is 0 Å². The third-order valence-corrected chi connectivity index (χ3v) is 3.76. The molecule has 0 spiro atoms. The van der Waals surface area contributed by atoms with Crippen LogP contribution in [0.2, 0.25) is 0 Å². The molecule has 1 unspecified atom stereocenters. The molecule has 1 saturated heterocycles. The minimum atomic E-state index is -0.859. The van der Waals surface area contributed by atoms with Gasteiger partial charge in [0.25, 0.3) is 5.91 Å². The molecule has 1 aromatic rings. The topological polar surface area (TPSA) is 75.4 Å². The Morgan fingerprint density at radius 3 is 2.75 bits per heavy atom. The Morgan fingerprint density at radius 1 is 1.50 bits per heavy atom. The maximum atomic E-state index is 12.6. The zero-order valence-electron chi connectivity index (χ0n) is 12.2. The monoisotopic (exact) mass is 279 g/mol. The highest BCUT2D eigenvalue weighted by atomic mass is 16.4. The molecule has 0 aromatic carbocycles. The zero-order valence-corrected chi connectivity index (χ0v) is 12.2. The van der Waals surface area contributed by atoms with Crippen molar-refractivity contribution in [2.24, 2.45) is 7.05 Å². The smallest absolute Gasteiger partial charge is 0.305 e. The fourth-order valence-corrected chi connectivity index (χ4v) is 2.64. The Hall–Kier alpha value is -1.85. The summed E-state index contributed by atoms with van der Waals surface area (Å²) in [7, 11) is 1.75. The predicted octanol–water partition coefficient (Wildman–Crippen LogP) is 1.62. The molecule has 1 atom stereocenters. The second-order valence-corrected chi connectivity index (χ2v) is 5.63. The van der Waals surface area contributed by atoms with Crippen LogP contribution < -0.4 is 0 Å². The summed E-state index contributed by atoms with van der Waals surface area (Å²) in [4.78, 5) is 25.1. The van der Waals surface area contributed by atoms with Crippen molar-refractivity contribution in [1.82, 2.24) is 14.7 Å². The average Bonchev–Trinajstić information content (AvgIpc) is 2.94. The first-order chi connectivity index (χ1) is 9.40.